The van der Waals surface area contributed by atoms with Crippen LogP contribution >= 0.6 is 12.4 Å². The van der Waals surface area contributed by atoms with Gasteiger partial charge >= 0.3 is 5.97 Å². The third-order valence-electron chi connectivity index (χ3n) is 2.63. The number of carbonyl (C=O) groups excluding carboxylic acids is 2. The van der Waals surface area contributed by atoms with Crippen LogP contribution in [0.15, 0.2) is 0 Å². The minimum Gasteiger partial charge on any atom is -0.468 e. The van der Waals surface area contributed by atoms with E-state index in [2.05, 4.69) is 10.1 Å². The first kappa shape index (κ1) is 15.2. The summed E-state index contributed by atoms with van der Waals surface area (Å²) in [5, 5.41) is 2.86. The number of amides is 1. The number of carbonyl (C=O) groups is 2. The Hall–Kier alpha value is -0.810. The van der Waals surface area contributed by atoms with Gasteiger partial charge in [-0.15, -0.1) is 12.4 Å². The van der Waals surface area contributed by atoms with Crippen molar-refractivity contribution < 1.29 is 14.3 Å². The smallest absolute Gasteiger partial charge is 0.322 e. The molecule has 1 amide bonds. The molecule has 1 fully saturated rings. The van der Waals surface area contributed by atoms with Crippen LogP contribution < -0.4 is 11.1 Å². The standard InChI is InChI=1S/C10H18N2O3.ClH/c1-10(2)5-6(8(13)12-10)4-7(11)9(14)15-3;/h6-7H,4-5,11H2,1-3H3,(H,12,13);1H/t6?,7-;/m0./s1. The highest BCUT2D eigenvalue weighted by Gasteiger charge is 2.38. The van der Waals surface area contributed by atoms with Gasteiger partial charge in [-0.05, 0) is 26.7 Å². The first-order chi connectivity index (χ1) is 6.85. The molecular weight excluding hydrogens is 232 g/mol. The van der Waals surface area contributed by atoms with E-state index in [-0.39, 0.29) is 29.8 Å². The maximum atomic E-state index is 11.5. The van der Waals surface area contributed by atoms with E-state index >= 15 is 0 Å². The van der Waals surface area contributed by atoms with Gasteiger partial charge in [-0.1, -0.05) is 0 Å². The van der Waals surface area contributed by atoms with E-state index in [9.17, 15) is 9.59 Å². The quantitative estimate of drug-likeness (QED) is 0.702. The molecule has 3 N–H and O–H groups in total. The van der Waals surface area contributed by atoms with Crippen molar-refractivity contribution >= 4 is 24.3 Å². The normalized spacial score (nSPS) is 24.2. The summed E-state index contributed by atoms with van der Waals surface area (Å²) < 4.78 is 4.51. The van der Waals surface area contributed by atoms with E-state index in [1.54, 1.807) is 0 Å². The molecule has 1 saturated heterocycles. The van der Waals surface area contributed by atoms with Crippen LogP contribution in [0.1, 0.15) is 26.7 Å². The van der Waals surface area contributed by atoms with Crippen molar-refractivity contribution in [1.29, 1.82) is 0 Å². The maximum absolute atomic E-state index is 11.5. The molecule has 0 radical (unpaired) electrons. The van der Waals surface area contributed by atoms with Crippen molar-refractivity contribution in [1.82, 2.24) is 5.32 Å². The van der Waals surface area contributed by atoms with Gasteiger partial charge in [-0.25, -0.2) is 0 Å². The molecule has 0 aromatic rings. The lowest BCUT2D eigenvalue weighted by molar-refractivity contribution is -0.142. The number of ether oxygens (including phenoxy) is 1. The summed E-state index contributed by atoms with van der Waals surface area (Å²) >= 11 is 0. The lowest BCUT2D eigenvalue weighted by atomic mass is 9.92. The molecule has 0 saturated carbocycles. The average molecular weight is 251 g/mol. The Bertz CT molecular complexity index is 281. The Kier molecular flexibility index (Phi) is 5.22. The molecule has 6 heteroatoms. The van der Waals surface area contributed by atoms with Crippen molar-refractivity contribution in [3.8, 4) is 0 Å². The SMILES string of the molecule is COC(=O)[C@@H](N)CC1CC(C)(C)NC1=O.Cl. The van der Waals surface area contributed by atoms with Gasteiger partial charge in [0, 0.05) is 11.5 Å². The Morgan fingerprint density at radius 2 is 2.25 bits per heavy atom. The monoisotopic (exact) mass is 250 g/mol. The van der Waals surface area contributed by atoms with Gasteiger partial charge in [-0.2, -0.15) is 0 Å². The Labute approximate surface area is 101 Å². The molecule has 0 aliphatic carbocycles. The summed E-state index contributed by atoms with van der Waals surface area (Å²) in [5.41, 5.74) is 5.41. The van der Waals surface area contributed by atoms with Crippen molar-refractivity contribution in [2.45, 2.75) is 38.3 Å². The minimum absolute atomic E-state index is 0. The fourth-order valence-electron chi connectivity index (χ4n) is 1.94. The molecule has 0 spiro atoms. The zero-order valence-electron chi connectivity index (χ0n) is 9.78. The number of methoxy groups -OCH3 is 1. The van der Waals surface area contributed by atoms with Crippen LogP contribution in [-0.4, -0.2) is 30.6 Å². The van der Waals surface area contributed by atoms with Crippen molar-refractivity contribution in [2.75, 3.05) is 7.11 Å². The van der Waals surface area contributed by atoms with Gasteiger partial charge in [0.1, 0.15) is 6.04 Å². The summed E-state index contributed by atoms with van der Waals surface area (Å²) in [4.78, 5) is 22.6. The Morgan fingerprint density at radius 1 is 1.69 bits per heavy atom. The molecule has 0 aromatic carbocycles. The second kappa shape index (κ2) is 5.50. The number of esters is 1. The van der Waals surface area contributed by atoms with Gasteiger partial charge in [0.25, 0.3) is 0 Å². The zero-order chi connectivity index (χ0) is 11.6. The maximum Gasteiger partial charge on any atom is 0.322 e. The van der Waals surface area contributed by atoms with E-state index in [1.807, 2.05) is 13.8 Å². The minimum atomic E-state index is -0.709. The second-order valence-corrected chi connectivity index (χ2v) is 4.64. The molecule has 94 valence electrons. The first-order valence-electron chi connectivity index (χ1n) is 5.01. The molecule has 1 aliphatic rings. The lowest BCUT2D eigenvalue weighted by Gasteiger charge is -2.17. The molecule has 0 aromatic heterocycles. The summed E-state index contributed by atoms with van der Waals surface area (Å²) in [6.07, 6.45) is 1.05. The summed E-state index contributed by atoms with van der Waals surface area (Å²) in [6.45, 7) is 3.91. The average Bonchev–Trinajstić information content (AvgIpc) is 2.38. The van der Waals surface area contributed by atoms with Crippen molar-refractivity contribution in [3.63, 3.8) is 0 Å². The molecular formula is C10H19ClN2O3. The second-order valence-electron chi connectivity index (χ2n) is 4.64. The van der Waals surface area contributed by atoms with Crippen LogP contribution in [-0.2, 0) is 14.3 Å². The molecule has 16 heavy (non-hydrogen) atoms. The van der Waals surface area contributed by atoms with Crippen LogP contribution in [0.3, 0.4) is 0 Å². The zero-order valence-corrected chi connectivity index (χ0v) is 10.6. The van der Waals surface area contributed by atoms with E-state index in [4.69, 9.17) is 5.73 Å². The third kappa shape index (κ3) is 3.64. The summed E-state index contributed by atoms with van der Waals surface area (Å²) in [6, 6.07) is -0.709. The summed E-state index contributed by atoms with van der Waals surface area (Å²) in [7, 11) is 1.29. The predicted molar refractivity (Wildman–Crippen MR) is 62.2 cm³/mol. The van der Waals surface area contributed by atoms with E-state index in [0.29, 0.717) is 12.8 Å². The number of hydrogen-bond acceptors (Lipinski definition) is 4. The van der Waals surface area contributed by atoms with E-state index < -0.39 is 12.0 Å². The highest BCUT2D eigenvalue weighted by atomic mass is 35.5. The molecule has 1 rings (SSSR count). The fraction of sp³-hybridized carbons (Fsp3) is 0.800. The van der Waals surface area contributed by atoms with Crippen LogP contribution in [0.5, 0.6) is 0 Å². The number of nitrogens with two attached hydrogens (primary N) is 1. The number of halogens is 1. The van der Waals surface area contributed by atoms with E-state index in [0.717, 1.165) is 0 Å². The van der Waals surface area contributed by atoms with Gasteiger partial charge in [0.2, 0.25) is 5.91 Å². The van der Waals surface area contributed by atoms with E-state index in [1.165, 1.54) is 7.11 Å². The highest BCUT2D eigenvalue weighted by Crippen LogP contribution is 2.27. The molecule has 2 atom stereocenters. The van der Waals surface area contributed by atoms with Gasteiger partial charge in [0.15, 0.2) is 0 Å². The van der Waals surface area contributed by atoms with Crippen LogP contribution in [0, 0.1) is 5.92 Å². The molecule has 5 nitrogen and oxygen atoms in total. The third-order valence-corrected chi connectivity index (χ3v) is 2.63. The molecule has 1 unspecified atom stereocenters. The number of nitrogens with one attached hydrogen (secondary N) is 1. The number of rotatable bonds is 3. The Morgan fingerprint density at radius 3 is 2.62 bits per heavy atom. The lowest BCUT2D eigenvalue weighted by Crippen LogP contribution is -2.36. The highest BCUT2D eigenvalue weighted by molar-refractivity contribution is 5.85. The Balaban J connectivity index is 0.00000225. The molecule has 1 heterocycles. The predicted octanol–water partition coefficient (Wildman–Crippen LogP) is 0.213. The van der Waals surface area contributed by atoms with Crippen LogP contribution in [0.25, 0.3) is 0 Å². The topological polar surface area (TPSA) is 81.4 Å². The van der Waals surface area contributed by atoms with Crippen molar-refractivity contribution in [3.05, 3.63) is 0 Å². The van der Waals surface area contributed by atoms with Crippen molar-refractivity contribution in [2.24, 2.45) is 11.7 Å². The number of hydrogen-bond donors (Lipinski definition) is 2. The first-order valence-corrected chi connectivity index (χ1v) is 5.01. The van der Waals surface area contributed by atoms with Gasteiger partial charge in [-0.3, -0.25) is 9.59 Å². The fourth-order valence-corrected chi connectivity index (χ4v) is 1.94. The van der Waals surface area contributed by atoms with Crippen LogP contribution in [0.2, 0.25) is 0 Å². The summed E-state index contributed by atoms with van der Waals surface area (Å²) in [5.74, 6) is -0.680. The molecule has 1 aliphatic heterocycles. The van der Waals surface area contributed by atoms with Crippen LogP contribution in [0.4, 0.5) is 0 Å². The molecule has 0 bridgehead atoms. The van der Waals surface area contributed by atoms with Gasteiger partial charge in [0.05, 0.1) is 7.11 Å². The largest absolute Gasteiger partial charge is 0.468 e. The van der Waals surface area contributed by atoms with Gasteiger partial charge < -0.3 is 15.8 Å².